The molecule has 0 bridgehead atoms. The monoisotopic (exact) mass is 378 g/mol. The van der Waals surface area contributed by atoms with Gasteiger partial charge < -0.3 is 5.32 Å². The zero-order valence-electron chi connectivity index (χ0n) is 16.6. The molecule has 28 heavy (non-hydrogen) atoms. The van der Waals surface area contributed by atoms with E-state index >= 15 is 0 Å². The summed E-state index contributed by atoms with van der Waals surface area (Å²) in [7, 11) is 0. The second-order valence-corrected chi connectivity index (χ2v) is 7.46. The normalized spacial score (nSPS) is 15.2. The number of rotatable bonds is 6. The maximum atomic E-state index is 12.8. The number of hydrogen-bond donors (Lipinski definition) is 1. The predicted molar refractivity (Wildman–Crippen MR) is 109 cm³/mol. The van der Waals surface area contributed by atoms with E-state index in [1.807, 2.05) is 0 Å². The number of imide groups is 1. The summed E-state index contributed by atoms with van der Waals surface area (Å²) in [5, 5.41) is 3.11. The fourth-order valence-electron chi connectivity index (χ4n) is 3.45. The van der Waals surface area contributed by atoms with E-state index in [9.17, 15) is 14.4 Å². The smallest absolute Gasteiger partial charge is 0.251 e. The molecule has 1 aliphatic heterocycles. The summed E-state index contributed by atoms with van der Waals surface area (Å²) in [4.78, 5) is 37.7. The average molecular weight is 378 g/mol. The summed E-state index contributed by atoms with van der Waals surface area (Å²) < 4.78 is 0. The number of carbonyl (C=O) groups excluding carboxylic acids is 3. The summed E-state index contributed by atoms with van der Waals surface area (Å²) in [5.74, 6) is -0.338. The van der Waals surface area contributed by atoms with Crippen LogP contribution < -0.4 is 10.2 Å². The Bertz CT molecular complexity index is 854. The van der Waals surface area contributed by atoms with E-state index in [-0.39, 0.29) is 42.5 Å². The summed E-state index contributed by atoms with van der Waals surface area (Å²) in [5.41, 5.74) is 3.35. The first-order chi connectivity index (χ1) is 13.4. The van der Waals surface area contributed by atoms with Crippen molar-refractivity contribution in [2.45, 2.75) is 46.1 Å². The van der Waals surface area contributed by atoms with Gasteiger partial charge in [0.2, 0.25) is 11.8 Å². The van der Waals surface area contributed by atoms with Gasteiger partial charge in [0.05, 0.1) is 11.7 Å². The molecule has 146 valence electrons. The molecule has 5 nitrogen and oxygen atoms in total. The molecule has 2 aromatic carbocycles. The molecule has 1 saturated heterocycles. The molecular formula is C23H26N2O3. The Morgan fingerprint density at radius 2 is 1.54 bits per heavy atom. The zero-order valence-corrected chi connectivity index (χ0v) is 16.6. The van der Waals surface area contributed by atoms with Gasteiger partial charge in [0, 0.05) is 18.4 Å². The zero-order chi connectivity index (χ0) is 20.3. The lowest BCUT2D eigenvalue weighted by Crippen LogP contribution is -2.32. The number of anilines is 1. The maximum absolute atomic E-state index is 12.8. The van der Waals surface area contributed by atoms with Crippen molar-refractivity contribution in [3.05, 3.63) is 65.2 Å². The standard InChI is InChI=1S/C23H26N2O3/c1-4-16-5-7-17(8-6-16)22(15(2)3)24-23(28)18-9-11-19(12-10-18)25-20(26)13-14-21(25)27/h5-12,15,22H,4,13-14H2,1-3H3,(H,24,28)/t22-/m0/s1. The molecule has 5 heteroatoms. The number of aryl methyl sites for hydroxylation is 1. The summed E-state index contributed by atoms with van der Waals surface area (Å²) in [6.07, 6.45) is 1.47. The van der Waals surface area contributed by atoms with Crippen molar-refractivity contribution in [3.63, 3.8) is 0 Å². The highest BCUT2D eigenvalue weighted by atomic mass is 16.2. The highest BCUT2D eigenvalue weighted by Gasteiger charge is 2.30. The van der Waals surface area contributed by atoms with Crippen molar-refractivity contribution in [2.75, 3.05) is 4.90 Å². The van der Waals surface area contributed by atoms with E-state index in [0.717, 1.165) is 12.0 Å². The molecule has 0 radical (unpaired) electrons. The van der Waals surface area contributed by atoms with E-state index in [0.29, 0.717) is 11.3 Å². The van der Waals surface area contributed by atoms with Crippen molar-refractivity contribution in [2.24, 2.45) is 5.92 Å². The third-order valence-electron chi connectivity index (χ3n) is 5.14. The molecule has 0 saturated carbocycles. The molecule has 0 aliphatic carbocycles. The van der Waals surface area contributed by atoms with Crippen LogP contribution >= 0.6 is 0 Å². The number of hydrogen-bond acceptors (Lipinski definition) is 3. The van der Waals surface area contributed by atoms with Crippen molar-refractivity contribution in [1.29, 1.82) is 0 Å². The van der Waals surface area contributed by atoms with Gasteiger partial charge in [-0.25, -0.2) is 0 Å². The van der Waals surface area contributed by atoms with Gasteiger partial charge in [0.15, 0.2) is 0 Å². The molecule has 1 aliphatic rings. The van der Waals surface area contributed by atoms with Gasteiger partial charge in [0.25, 0.3) is 5.91 Å². The molecule has 0 unspecified atom stereocenters. The number of amides is 3. The number of nitrogens with zero attached hydrogens (tertiary/aromatic N) is 1. The van der Waals surface area contributed by atoms with Crippen LogP contribution in [0.15, 0.2) is 48.5 Å². The molecule has 0 aromatic heterocycles. The van der Waals surface area contributed by atoms with Crippen LogP contribution in [-0.4, -0.2) is 17.7 Å². The number of benzene rings is 2. The quantitative estimate of drug-likeness (QED) is 0.772. The predicted octanol–water partition coefficient (Wildman–Crippen LogP) is 4.03. The van der Waals surface area contributed by atoms with E-state index in [4.69, 9.17) is 0 Å². The second-order valence-electron chi connectivity index (χ2n) is 7.46. The van der Waals surface area contributed by atoms with Crippen LogP contribution in [0, 0.1) is 5.92 Å². The minimum atomic E-state index is -0.197. The van der Waals surface area contributed by atoms with Crippen molar-refractivity contribution < 1.29 is 14.4 Å². The third-order valence-corrected chi connectivity index (χ3v) is 5.14. The Balaban J connectivity index is 1.74. The Hall–Kier alpha value is -2.95. The van der Waals surface area contributed by atoms with Crippen LogP contribution in [0.1, 0.15) is 61.1 Å². The first-order valence-electron chi connectivity index (χ1n) is 9.76. The van der Waals surface area contributed by atoms with Crippen LogP contribution in [0.4, 0.5) is 5.69 Å². The summed E-state index contributed by atoms with van der Waals surface area (Å²) in [6, 6.07) is 14.8. The van der Waals surface area contributed by atoms with Crippen LogP contribution in [-0.2, 0) is 16.0 Å². The summed E-state index contributed by atoms with van der Waals surface area (Å²) >= 11 is 0. The molecule has 3 rings (SSSR count). The van der Waals surface area contributed by atoms with Gasteiger partial charge in [-0.05, 0) is 47.7 Å². The van der Waals surface area contributed by atoms with Gasteiger partial charge >= 0.3 is 0 Å². The van der Waals surface area contributed by atoms with Gasteiger partial charge in [-0.1, -0.05) is 45.0 Å². The minimum absolute atomic E-state index is 0.0974. The fourth-order valence-corrected chi connectivity index (χ4v) is 3.45. The molecule has 1 N–H and O–H groups in total. The fraction of sp³-hybridized carbons (Fsp3) is 0.348. The maximum Gasteiger partial charge on any atom is 0.251 e. The van der Waals surface area contributed by atoms with Crippen LogP contribution in [0.3, 0.4) is 0 Å². The van der Waals surface area contributed by atoms with Gasteiger partial charge in [-0.2, -0.15) is 0 Å². The Kier molecular flexibility index (Phi) is 5.93. The molecule has 2 aromatic rings. The average Bonchev–Trinajstić information content (AvgIpc) is 3.04. The van der Waals surface area contributed by atoms with E-state index < -0.39 is 0 Å². The topological polar surface area (TPSA) is 66.5 Å². The lowest BCUT2D eigenvalue weighted by molar-refractivity contribution is -0.121. The number of carbonyl (C=O) groups is 3. The molecule has 0 spiro atoms. The Morgan fingerprint density at radius 1 is 0.964 bits per heavy atom. The molecular weight excluding hydrogens is 352 g/mol. The summed E-state index contributed by atoms with van der Waals surface area (Å²) in [6.45, 7) is 6.27. The number of nitrogens with one attached hydrogen (secondary N) is 1. The van der Waals surface area contributed by atoms with E-state index in [1.54, 1.807) is 24.3 Å². The van der Waals surface area contributed by atoms with Crippen molar-refractivity contribution in [3.8, 4) is 0 Å². The highest BCUT2D eigenvalue weighted by molar-refractivity contribution is 6.19. The lowest BCUT2D eigenvalue weighted by Gasteiger charge is -2.23. The van der Waals surface area contributed by atoms with Gasteiger partial charge in [-0.15, -0.1) is 0 Å². The van der Waals surface area contributed by atoms with Gasteiger partial charge in [0.1, 0.15) is 0 Å². The largest absolute Gasteiger partial charge is 0.345 e. The third kappa shape index (κ3) is 4.14. The molecule has 1 fully saturated rings. The van der Waals surface area contributed by atoms with Crippen molar-refractivity contribution in [1.82, 2.24) is 5.32 Å². The van der Waals surface area contributed by atoms with E-state index in [2.05, 4.69) is 50.4 Å². The Labute approximate surface area is 165 Å². The van der Waals surface area contributed by atoms with E-state index in [1.165, 1.54) is 10.5 Å². The molecule has 1 atom stereocenters. The molecule has 3 amide bonds. The molecule has 1 heterocycles. The highest BCUT2D eigenvalue weighted by Crippen LogP contribution is 2.25. The van der Waals surface area contributed by atoms with Crippen LogP contribution in [0.5, 0.6) is 0 Å². The van der Waals surface area contributed by atoms with Crippen molar-refractivity contribution >= 4 is 23.4 Å². The second kappa shape index (κ2) is 8.38. The SMILES string of the molecule is CCc1ccc([C@@H](NC(=O)c2ccc(N3C(=O)CCC3=O)cc2)C(C)C)cc1. The lowest BCUT2D eigenvalue weighted by atomic mass is 9.94. The first kappa shape index (κ1) is 19.8. The minimum Gasteiger partial charge on any atom is -0.345 e. The first-order valence-corrected chi connectivity index (χ1v) is 9.76. The Morgan fingerprint density at radius 3 is 2.04 bits per heavy atom. The van der Waals surface area contributed by atoms with Gasteiger partial charge in [-0.3, -0.25) is 19.3 Å². The van der Waals surface area contributed by atoms with Crippen LogP contribution in [0.2, 0.25) is 0 Å². The van der Waals surface area contributed by atoms with Crippen LogP contribution in [0.25, 0.3) is 0 Å².